The van der Waals surface area contributed by atoms with Crippen molar-refractivity contribution < 1.29 is 4.79 Å². The summed E-state index contributed by atoms with van der Waals surface area (Å²) in [5.74, 6) is 0.975. The van der Waals surface area contributed by atoms with Gasteiger partial charge in [0.2, 0.25) is 5.91 Å². The lowest BCUT2D eigenvalue weighted by atomic mass is 10.0. The summed E-state index contributed by atoms with van der Waals surface area (Å²) >= 11 is 0. The number of rotatable bonds is 6. The fraction of sp³-hybridized carbons (Fsp3) is 0.533. The Bertz CT molecular complexity index is 387. The molecule has 98 valence electrons. The molecular weight excluding hydrogens is 224 g/mol. The van der Waals surface area contributed by atoms with E-state index in [2.05, 4.69) is 24.4 Å². The molecule has 0 aromatic heterocycles. The largest absolute Gasteiger partial charge is 0.353 e. The summed E-state index contributed by atoms with van der Waals surface area (Å²) in [4.78, 5) is 11.8. The van der Waals surface area contributed by atoms with Crippen molar-refractivity contribution in [3.63, 3.8) is 0 Å². The minimum Gasteiger partial charge on any atom is -0.353 e. The summed E-state index contributed by atoms with van der Waals surface area (Å²) in [6, 6.07) is 10.7. The van der Waals surface area contributed by atoms with Crippen molar-refractivity contribution in [3.05, 3.63) is 35.9 Å². The van der Waals surface area contributed by atoms with Gasteiger partial charge in [0.15, 0.2) is 0 Å². The number of hydrogen-bond donors (Lipinski definition) is 2. The molecule has 2 rings (SSSR count). The zero-order chi connectivity index (χ0) is 13.0. The third kappa shape index (κ3) is 3.33. The highest BCUT2D eigenvalue weighted by Gasteiger charge is 2.39. The van der Waals surface area contributed by atoms with Crippen LogP contribution < -0.4 is 11.1 Å². The van der Waals surface area contributed by atoms with Gasteiger partial charge in [0, 0.05) is 18.4 Å². The van der Waals surface area contributed by atoms with Crippen LogP contribution in [-0.2, 0) is 4.79 Å². The molecule has 3 unspecified atom stereocenters. The standard InChI is InChI=1S/C15H22N2O/c1-2-11(10-16)8-15(18)17-14-9-13(14)12-6-4-3-5-7-12/h3-7,11,13-14H,2,8-10,16H2,1H3,(H,17,18). The van der Waals surface area contributed by atoms with Gasteiger partial charge in [-0.2, -0.15) is 0 Å². The number of benzene rings is 1. The van der Waals surface area contributed by atoms with Crippen LogP contribution in [0.3, 0.4) is 0 Å². The van der Waals surface area contributed by atoms with Crippen LogP contribution in [0.1, 0.15) is 37.7 Å². The first-order chi connectivity index (χ1) is 8.74. The Morgan fingerprint density at radius 1 is 1.44 bits per heavy atom. The molecule has 0 aliphatic heterocycles. The van der Waals surface area contributed by atoms with E-state index in [-0.39, 0.29) is 5.91 Å². The lowest BCUT2D eigenvalue weighted by Gasteiger charge is -2.11. The van der Waals surface area contributed by atoms with Gasteiger partial charge in [-0.1, -0.05) is 43.7 Å². The molecule has 1 aliphatic carbocycles. The van der Waals surface area contributed by atoms with Crippen LogP contribution in [0.4, 0.5) is 0 Å². The van der Waals surface area contributed by atoms with E-state index in [1.807, 2.05) is 18.2 Å². The van der Waals surface area contributed by atoms with Crippen LogP contribution in [0.5, 0.6) is 0 Å². The minimum atomic E-state index is 0.149. The van der Waals surface area contributed by atoms with Gasteiger partial charge in [-0.15, -0.1) is 0 Å². The summed E-state index contributed by atoms with van der Waals surface area (Å²) in [6.45, 7) is 2.67. The van der Waals surface area contributed by atoms with Crippen LogP contribution in [0.15, 0.2) is 30.3 Å². The van der Waals surface area contributed by atoms with Gasteiger partial charge < -0.3 is 11.1 Å². The van der Waals surface area contributed by atoms with Crippen molar-refractivity contribution in [2.45, 2.75) is 38.1 Å². The number of nitrogens with two attached hydrogens (primary N) is 1. The molecular formula is C15H22N2O. The minimum absolute atomic E-state index is 0.149. The first-order valence-electron chi connectivity index (χ1n) is 6.79. The van der Waals surface area contributed by atoms with Gasteiger partial charge in [0.05, 0.1) is 0 Å². The van der Waals surface area contributed by atoms with Crippen LogP contribution in [0, 0.1) is 5.92 Å². The number of nitrogens with one attached hydrogen (secondary N) is 1. The van der Waals surface area contributed by atoms with E-state index in [1.165, 1.54) is 5.56 Å². The molecule has 1 amide bonds. The fourth-order valence-corrected chi connectivity index (χ4v) is 2.35. The molecule has 0 spiro atoms. The predicted molar refractivity (Wildman–Crippen MR) is 73.2 cm³/mol. The summed E-state index contributed by atoms with van der Waals surface area (Å²) in [6.07, 6.45) is 2.59. The summed E-state index contributed by atoms with van der Waals surface area (Å²) in [5.41, 5.74) is 6.94. The van der Waals surface area contributed by atoms with Crippen molar-refractivity contribution in [3.8, 4) is 0 Å². The first kappa shape index (κ1) is 13.1. The van der Waals surface area contributed by atoms with Gasteiger partial charge >= 0.3 is 0 Å². The maximum Gasteiger partial charge on any atom is 0.220 e. The molecule has 18 heavy (non-hydrogen) atoms. The van der Waals surface area contributed by atoms with Crippen LogP contribution in [-0.4, -0.2) is 18.5 Å². The highest BCUT2D eigenvalue weighted by Crippen LogP contribution is 2.40. The molecule has 3 nitrogen and oxygen atoms in total. The number of amides is 1. The highest BCUT2D eigenvalue weighted by atomic mass is 16.1. The van der Waals surface area contributed by atoms with Crippen molar-refractivity contribution in [2.75, 3.05) is 6.54 Å². The third-order valence-corrected chi connectivity index (χ3v) is 3.75. The van der Waals surface area contributed by atoms with Crippen LogP contribution in [0.2, 0.25) is 0 Å². The monoisotopic (exact) mass is 246 g/mol. The summed E-state index contributed by atoms with van der Waals surface area (Å²) < 4.78 is 0. The van der Waals surface area contributed by atoms with Crippen molar-refractivity contribution in [1.29, 1.82) is 0 Å². The van der Waals surface area contributed by atoms with Gasteiger partial charge in [-0.3, -0.25) is 4.79 Å². The Balaban J connectivity index is 1.78. The summed E-state index contributed by atoms with van der Waals surface area (Å²) in [5, 5.41) is 3.11. The molecule has 0 saturated heterocycles. The molecule has 1 aliphatic rings. The second-order valence-electron chi connectivity index (χ2n) is 5.14. The molecule has 3 N–H and O–H groups in total. The van der Waals surface area contributed by atoms with Crippen molar-refractivity contribution in [1.82, 2.24) is 5.32 Å². The number of carbonyl (C=O) groups is 1. The normalized spacial score (nSPS) is 23.4. The van der Waals surface area contributed by atoms with E-state index in [0.717, 1.165) is 12.8 Å². The van der Waals surface area contributed by atoms with Gasteiger partial charge in [-0.25, -0.2) is 0 Å². The average Bonchev–Trinajstić information content (AvgIpc) is 3.16. The second-order valence-corrected chi connectivity index (χ2v) is 5.14. The maximum atomic E-state index is 11.8. The Kier molecular flexibility index (Phi) is 4.37. The van der Waals surface area contributed by atoms with E-state index in [1.54, 1.807) is 0 Å². The molecule has 1 fully saturated rings. The lowest BCUT2D eigenvalue weighted by molar-refractivity contribution is -0.122. The Hall–Kier alpha value is -1.35. The van der Waals surface area contributed by atoms with Crippen LogP contribution in [0.25, 0.3) is 0 Å². The SMILES string of the molecule is CCC(CN)CC(=O)NC1CC1c1ccccc1. The molecule has 3 heteroatoms. The lowest BCUT2D eigenvalue weighted by Crippen LogP contribution is -2.30. The van der Waals surface area contributed by atoms with E-state index in [9.17, 15) is 4.79 Å². The van der Waals surface area contributed by atoms with E-state index >= 15 is 0 Å². The second kappa shape index (κ2) is 6.01. The van der Waals surface area contributed by atoms with Crippen molar-refractivity contribution in [2.24, 2.45) is 11.7 Å². The quantitative estimate of drug-likeness (QED) is 0.807. The molecule has 1 aromatic rings. The molecule has 1 aromatic carbocycles. The fourth-order valence-electron chi connectivity index (χ4n) is 2.35. The average molecular weight is 246 g/mol. The number of hydrogen-bond acceptors (Lipinski definition) is 2. The zero-order valence-corrected chi connectivity index (χ0v) is 10.9. The van der Waals surface area contributed by atoms with Gasteiger partial charge in [0.1, 0.15) is 0 Å². The Morgan fingerprint density at radius 2 is 2.17 bits per heavy atom. The zero-order valence-electron chi connectivity index (χ0n) is 10.9. The Morgan fingerprint density at radius 3 is 2.78 bits per heavy atom. The van der Waals surface area contributed by atoms with Crippen molar-refractivity contribution >= 4 is 5.91 Å². The highest BCUT2D eigenvalue weighted by molar-refractivity contribution is 5.77. The third-order valence-electron chi connectivity index (χ3n) is 3.75. The molecule has 1 saturated carbocycles. The summed E-state index contributed by atoms with van der Waals surface area (Å²) in [7, 11) is 0. The van der Waals surface area contributed by atoms with Crippen LogP contribution >= 0.6 is 0 Å². The predicted octanol–water partition coefficient (Wildman–Crippen LogP) is 2.03. The maximum absolute atomic E-state index is 11.8. The van der Waals surface area contributed by atoms with E-state index in [0.29, 0.717) is 30.8 Å². The molecule has 0 radical (unpaired) electrons. The first-order valence-corrected chi connectivity index (χ1v) is 6.79. The van der Waals surface area contributed by atoms with Gasteiger partial charge in [-0.05, 0) is 24.4 Å². The smallest absolute Gasteiger partial charge is 0.220 e. The molecule has 0 heterocycles. The topological polar surface area (TPSA) is 55.1 Å². The molecule has 0 bridgehead atoms. The van der Waals surface area contributed by atoms with E-state index in [4.69, 9.17) is 5.73 Å². The number of carbonyl (C=O) groups excluding carboxylic acids is 1. The molecule has 3 atom stereocenters. The van der Waals surface area contributed by atoms with E-state index < -0.39 is 0 Å². The van der Waals surface area contributed by atoms with Gasteiger partial charge in [0.25, 0.3) is 0 Å². The Labute approximate surface area is 109 Å².